The van der Waals surface area contributed by atoms with Gasteiger partial charge in [0.25, 0.3) is 0 Å². The highest BCUT2D eigenvalue weighted by Crippen LogP contribution is 2.34. The lowest BCUT2D eigenvalue weighted by atomic mass is 9.73. The molecule has 0 spiro atoms. The topological polar surface area (TPSA) is 26.0 Å². The second-order valence-electron chi connectivity index (χ2n) is 3.29. The zero-order valence-electron chi connectivity index (χ0n) is 5.59. The van der Waals surface area contributed by atoms with E-state index in [0.29, 0.717) is 6.04 Å². The van der Waals surface area contributed by atoms with Gasteiger partial charge < -0.3 is 5.73 Å². The van der Waals surface area contributed by atoms with Gasteiger partial charge in [0.1, 0.15) is 0 Å². The second kappa shape index (κ2) is 1.84. The quantitative estimate of drug-likeness (QED) is 0.483. The van der Waals surface area contributed by atoms with Crippen LogP contribution in [0.15, 0.2) is 12.2 Å². The first-order valence-corrected chi connectivity index (χ1v) is 3.80. The van der Waals surface area contributed by atoms with E-state index in [1.807, 2.05) is 0 Å². The Balaban J connectivity index is 2.20. The molecule has 0 unspecified atom stereocenters. The van der Waals surface area contributed by atoms with Crippen molar-refractivity contribution in [2.45, 2.75) is 25.3 Å². The molecule has 0 aliphatic heterocycles. The molecule has 3 aliphatic carbocycles. The lowest BCUT2D eigenvalue weighted by Gasteiger charge is -2.35. The summed E-state index contributed by atoms with van der Waals surface area (Å²) in [5.74, 6) is 1.54. The number of hydrogen-bond acceptors (Lipinski definition) is 1. The number of rotatable bonds is 0. The fraction of sp³-hybridized carbons (Fsp3) is 0.750. The van der Waals surface area contributed by atoms with Crippen molar-refractivity contribution < 1.29 is 0 Å². The van der Waals surface area contributed by atoms with Crippen LogP contribution in [0.5, 0.6) is 0 Å². The predicted octanol–water partition coefficient (Wildman–Crippen LogP) is 1.30. The first-order valence-electron chi connectivity index (χ1n) is 3.80. The average molecular weight is 123 g/mol. The first kappa shape index (κ1) is 5.48. The minimum Gasteiger partial charge on any atom is -0.327 e. The molecule has 3 aliphatic rings. The number of fused-ring (bicyclic) bond motifs is 2. The summed E-state index contributed by atoms with van der Waals surface area (Å²) < 4.78 is 0. The highest BCUT2D eigenvalue weighted by Gasteiger charge is 2.28. The van der Waals surface area contributed by atoms with Gasteiger partial charge >= 0.3 is 0 Å². The molecule has 0 radical (unpaired) electrons. The van der Waals surface area contributed by atoms with Gasteiger partial charge in [-0.2, -0.15) is 0 Å². The van der Waals surface area contributed by atoms with E-state index in [0.717, 1.165) is 11.8 Å². The second-order valence-corrected chi connectivity index (χ2v) is 3.29. The fourth-order valence-electron chi connectivity index (χ4n) is 1.98. The van der Waals surface area contributed by atoms with Crippen LogP contribution in [0.3, 0.4) is 0 Å². The van der Waals surface area contributed by atoms with Crippen molar-refractivity contribution in [3.05, 3.63) is 12.2 Å². The molecule has 0 amide bonds. The molecule has 1 nitrogen and oxygen atoms in total. The Morgan fingerprint density at radius 1 is 1.22 bits per heavy atom. The van der Waals surface area contributed by atoms with Gasteiger partial charge in [0.05, 0.1) is 0 Å². The van der Waals surface area contributed by atoms with Gasteiger partial charge in [-0.15, -0.1) is 0 Å². The molecule has 0 aromatic carbocycles. The zero-order valence-corrected chi connectivity index (χ0v) is 5.59. The lowest BCUT2D eigenvalue weighted by Crippen LogP contribution is -2.37. The molecular weight excluding hydrogens is 110 g/mol. The highest BCUT2D eigenvalue weighted by molar-refractivity contribution is 5.07. The van der Waals surface area contributed by atoms with Crippen LogP contribution in [0.2, 0.25) is 0 Å². The predicted molar refractivity (Wildman–Crippen MR) is 37.9 cm³/mol. The maximum absolute atomic E-state index is 5.87. The van der Waals surface area contributed by atoms with E-state index in [9.17, 15) is 0 Å². The van der Waals surface area contributed by atoms with Crippen molar-refractivity contribution in [3.63, 3.8) is 0 Å². The number of hydrogen-bond donors (Lipinski definition) is 1. The standard InChI is InChI=1S/C8H13N/c9-8-5-6-1-3-7(8)4-2-6/h1,3,6-8H,2,4-5,9H2/t6-,7+,8+/m0/s1. The zero-order chi connectivity index (χ0) is 6.27. The van der Waals surface area contributed by atoms with Crippen LogP contribution in [0.4, 0.5) is 0 Å². The highest BCUT2D eigenvalue weighted by atomic mass is 14.7. The monoisotopic (exact) mass is 123 g/mol. The summed E-state index contributed by atoms with van der Waals surface area (Å²) in [6.07, 6.45) is 8.61. The Labute approximate surface area is 55.9 Å². The summed E-state index contributed by atoms with van der Waals surface area (Å²) in [6, 6.07) is 0.480. The van der Waals surface area contributed by atoms with E-state index < -0.39 is 0 Å². The SMILES string of the molecule is N[C@@H]1C[C@H]2C=C[C@@H]1CC2. The lowest BCUT2D eigenvalue weighted by molar-refractivity contribution is 0.285. The minimum atomic E-state index is 0.480. The van der Waals surface area contributed by atoms with E-state index >= 15 is 0 Å². The van der Waals surface area contributed by atoms with Crippen molar-refractivity contribution in [1.82, 2.24) is 0 Å². The van der Waals surface area contributed by atoms with Crippen LogP contribution < -0.4 is 5.73 Å². The van der Waals surface area contributed by atoms with E-state index in [-0.39, 0.29) is 0 Å². The molecule has 9 heavy (non-hydrogen) atoms. The van der Waals surface area contributed by atoms with Crippen LogP contribution in [0.1, 0.15) is 19.3 Å². The summed E-state index contributed by atoms with van der Waals surface area (Å²) >= 11 is 0. The number of nitrogens with two attached hydrogens (primary N) is 1. The molecule has 0 heterocycles. The van der Waals surface area contributed by atoms with Crippen LogP contribution in [-0.4, -0.2) is 6.04 Å². The Morgan fingerprint density at radius 3 is 2.33 bits per heavy atom. The van der Waals surface area contributed by atoms with Crippen LogP contribution in [0.25, 0.3) is 0 Å². The van der Waals surface area contributed by atoms with Crippen LogP contribution in [-0.2, 0) is 0 Å². The largest absolute Gasteiger partial charge is 0.327 e. The van der Waals surface area contributed by atoms with Gasteiger partial charge in [-0.1, -0.05) is 12.2 Å². The molecule has 50 valence electrons. The fourth-order valence-corrected chi connectivity index (χ4v) is 1.98. The molecule has 3 atom stereocenters. The van der Waals surface area contributed by atoms with E-state index in [1.54, 1.807) is 0 Å². The molecule has 0 aromatic rings. The van der Waals surface area contributed by atoms with Crippen LogP contribution >= 0.6 is 0 Å². The van der Waals surface area contributed by atoms with Crippen molar-refractivity contribution >= 4 is 0 Å². The van der Waals surface area contributed by atoms with Gasteiger partial charge in [-0.3, -0.25) is 0 Å². The molecule has 1 fully saturated rings. The van der Waals surface area contributed by atoms with Crippen molar-refractivity contribution in [1.29, 1.82) is 0 Å². The summed E-state index contributed by atoms with van der Waals surface area (Å²) in [4.78, 5) is 0. The molecule has 1 saturated carbocycles. The molecule has 0 aromatic heterocycles. The van der Waals surface area contributed by atoms with Crippen molar-refractivity contribution in [2.75, 3.05) is 0 Å². The molecular formula is C8H13N. The van der Waals surface area contributed by atoms with Gasteiger partial charge in [0, 0.05) is 6.04 Å². The average Bonchev–Trinajstić information content (AvgIpc) is 1.90. The summed E-state index contributed by atoms with van der Waals surface area (Å²) in [5, 5.41) is 0. The summed E-state index contributed by atoms with van der Waals surface area (Å²) in [5.41, 5.74) is 5.87. The van der Waals surface area contributed by atoms with Crippen molar-refractivity contribution in [2.24, 2.45) is 17.6 Å². The smallest absolute Gasteiger partial charge is 0.0107 e. The van der Waals surface area contributed by atoms with Gasteiger partial charge in [0.2, 0.25) is 0 Å². The molecule has 3 rings (SSSR count). The Morgan fingerprint density at radius 2 is 2.11 bits per heavy atom. The third-order valence-corrected chi connectivity index (χ3v) is 2.63. The van der Waals surface area contributed by atoms with Crippen LogP contribution in [0, 0.1) is 11.8 Å². The maximum atomic E-state index is 5.87. The molecule has 1 heteroatoms. The Hall–Kier alpha value is -0.300. The normalized spacial score (nSPS) is 47.9. The molecule has 0 saturated heterocycles. The van der Waals surface area contributed by atoms with Gasteiger partial charge in [-0.05, 0) is 31.1 Å². The Kier molecular flexibility index (Phi) is 1.12. The van der Waals surface area contributed by atoms with Gasteiger partial charge in [0.15, 0.2) is 0 Å². The minimum absolute atomic E-state index is 0.480. The first-order chi connectivity index (χ1) is 4.36. The summed E-state index contributed by atoms with van der Waals surface area (Å²) in [7, 11) is 0. The van der Waals surface area contributed by atoms with E-state index in [4.69, 9.17) is 5.73 Å². The maximum Gasteiger partial charge on any atom is 0.0107 e. The van der Waals surface area contributed by atoms with E-state index in [1.165, 1.54) is 19.3 Å². The molecule has 2 bridgehead atoms. The van der Waals surface area contributed by atoms with Crippen molar-refractivity contribution in [3.8, 4) is 0 Å². The third-order valence-electron chi connectivity index (χ3n) is 2.63. The Bertz CT molecular complexity index is 140. The third kappa shape index (κ3) is 0.799. The number of allylic oxidation sites excluding steroid dienone is 1. The summed E-state index contributed by atoms with van der Waals surface area (Å²) in [6.45, 7) is 0. The molecule has 2 N–H and O–H groups in total. The van der Waals surface area contributed by atoms with Gasteiger partial charge in [-0.25, -0.2) is 0 Å². The van der Waals surface area contributed by atoms with E-state index in [2.05, 4.69) is 12.2 Å².